The van der Waals surface area contributed by atoms with Crippen LogP contribution in [0.3, 0.4) is 0 Å². The molecule has 0 bridgehead atoms. The van der Waals surface area contributed by atoms with E-state index in [0.717, 1.165) is 20.1 Å². The summed E-state index contributed by atoms with van der Waals surface area (Å²) in [5, 5.41) is 0. The minimum absolute atomic E-state index is 0.0421. The van der Waals surface area contributed by atoms with Crippen LogP contribution >= 0.6 is 31.9 Å². The van der Waals surface area contributed by atoms with Crippen LogP contribution in [0.25, 0.3) is 0 Å². The number of halogens is 3. The van der Waals surface area contributed by atoms with E-state index in [1.54, 1.807) is 30.3 Å². The van der Waals surface area contributed by atoms with Crippen LogP contribution in [-0.4, -0.2) is 5.78 Å². The van der Waals surface area contributed by atoms with E-state index in [1.807, 2.05) is 63.2 Å². The molecule has 0 saturated carbocycles. The number of ketones is 1. The van der Waals surface area contributed by atoms with Gasteiger partial charge in [-0.3, -0.25) is 4.79 Å². The molecule has 0 amide bonds. The summed E-state index contributed by atoms with van der Waals surface area (Å²) in [6.07, 6.45) is 0. The molecule has 0 N–H and O–H groups in total. The molecule has 184 valence electrons. The van der Waals surface area contributed by atoms with Gasteiger partial charge < -0.3 is 9.47 Å². The molecule has 36 heavy (non-hydrogen) atoms. The topological polar surface area (TPSA) is 35.5 Å². The Bertz CT molecular complexity index is 1400. The van der Waals surface area contributed by atoms with Crippen LogP contribution in [0.2, 0.25) is 0 Å². The van der Waals surface area contributed by atoms with E-state index in [2.05, 4.69) is 31.9 Å². The van der Waals surface area contributed by atoms with Gasteiger partial charge in [0.05, 0.1) is 14.5 Å². The van der Waals surface area contributed by atoms with Gasteiger partial charge in [-0.05, 0) is 81.1 Å². The maximum absolute atomic E-state index is 14.2. The highest BCUT2D eigenvalue weighted by atomic mass is 79.9. The van der Waals surface area contributed by atoms with E-state index in [0.29, 0.717) is 33.9 Å². The zero-order valence-corrected chi connectivity index (χ0v) is 23.3. The first kappa shape index (κ1) is 26.1. The van der Waals surface area contributed by atoms with Gasteiger partial charge in [0.25, 0.3) is 0 Å². The monoisotopic (exact) mass is 610 g/mol. The molecule has 0 atom stereocenters. The van der Waals surface area contributed by atoms with Crippen molar-refractivity contribution in [1.29, 1.82) is 0 Å². The Morgan fingerprint density at radius 3 is 2.25 bits per heavy atom. The summed E-state index contributed by atoms with van der Waals surface area (Å²) in [5.74, 6) is 1.03. The number of benzene rings is 4. The molecule has 0 spiro atoms. The normalized spacial score (nSPS) is 11.0. The number of hydrogen-bond acceptors (Lipinski definition) is 3. The van der Waals surface area contributed by atoms with Gasteiger partial charge >= 0.3 is 0 Å². The van der Waals surface area contributed by atoms with E-state index >= 15 is 0 Å². The summed E-state index contributed by atoms with van der Waals surface area (Å²) < 4.78 is 28.2. The molecule has 0 unspecified atom stereocenters. The maximum atomic E-state index is 14.2. The first-order valence-corrected chi connectivity index (χ1v) is 13.1. The Hall–Kier alpha value is -2.96. The van der Waals surface area contributed by atoms with E-state index in [-0.39, 0.29) is 24.1 Å². The first-order chi connectivity index (χ1) is 17.2. The fourth-order valence-corrected chi connectivity index (χ4v) is 4.98. The smallest absolute Gasteiger partial charge is 0.196 e. The molecular weight excluding hydrogens is 587 g/mol. The highest BCUT2D eigenvalue weighted by molar-refractivity contribution is 9.11. The van der Waals surface area contributed by atoms with Gasteiger partial charge in [-0.1, -0.05) is 61.9 Å². The minimum Gasteiger partial charge on any atom is -0.488 e. The van der Waals surface area contributed by atoms with Gasteiger partial charge in [-0.2, -0.15) is 0 Å². The van der Waals surface area contributed by atoms with E-state index in [9.17, 15) is 9.18 Å². The van der Waals surface area contributed by atoms with Crippen LogP contribution < -0.4 is 9.47 Å². The third-order valence-electron chi connectivity index (χ3n) is 5.73. The van der Waals surface area contributed by atoms with Crippen molar-refractivity contribution in [3.63, 3.8) is 0 Å². The van der Waals surface area contributed by atoms with Crippen molar-refractivity contribution in [3.05, 3.63) is 121 Å². The average Bonchev–Trinajstić information content (AvgIpc) is 2.85. The van der Waals surface area contributed by atoms with Crippen molar-refractivity contribution in [2.24, 2.45) is 0 Å². The third kappa shape index (κ3) is 5.88. The molecule has 0 aromatic heterocycles. The predicted molar refractivity (Wildman–Crippen MR) is 148 cm³/mol. The third-order valence-corrected chi connectivity index (χ3v) is 6.98. The lowest BCUT2D eigenvalue weighted by Gasteiger charge is -2.20. The number of carbonyl (C=O) groups excluding carboxylic acids is 1. The Morgan fingerprint density at radius 1 is 0.889 bits per heavy atom. The summed E-state index contributed by atoms with van der Waals surface area (Å²) >= 11 is 7.08. The van der Waals surface area contributed by atoms with Crippen LogP contribution in [0.1, 0.15) is 52.4 Å². The summed E-state index contributed by atoms with van der Waals surface area (Å²) in [4.78, 5) is 13.7. The van der Waals surface area contributed by atoms with Crippen molar-refractivity contribution < 1.29 is 18.7 Å². The van der Waals surface area contributed by atoms with Gasteiger partial charge in [0.15, 0.2) is 11.5 Å². The zero-order chi connectivity index (χ0) is 25.8. The molecule has 4 aromatic rings. The van der Waals surface area contributed by atoms with Gasteiger partial charge in [0.2, 0.25) is 0 Å². The molecule has 0 aliphatic heterocycles. The van der Waals surface area contributed by atoms with Crippen molar-refractivity contribution in [1.82, 2.24) is 0 Å². The van der Waals surface area contributed by atoms with Crippen LogP contribution in [0.4, 0.5) is 4.39 Å². The Morgan fingerprint density at radius 2 is 1.58 bits per heavy atom. The van der Waals surface area contributed by atoms with E-state index < -0.39 is 0 Å². The number of rotatable bonds is 8. The fourth-order valence-electron chi connectivity index (χ4n) is 3.82. The number of ether oxygens (including phenoxy) is 2. The predicted octanol–water partition coefficient (Wildman–Crippen LogP) is 9.38. The van der Waals surface area contributed by atoms with Gasteiger partial charge in [-0.15, -0.1) is 0 Å². The number of carbonyl (C=O) groups is 1. The second-order valence-corrected chi connectivity index (χ2v) is 10.5. The van der Waals surface area contributed by atoms with Gasteiger partial charge in [-0.25, -0.2) is 4.39 Å². The molecule has 6 heteroatoms. The summed E-state index contributed by atoms with van der Waals surface area (Å²) in [5.41, 5.74) is 3.17. The van der Waals surface area contributed by atoms with Crippen molar-refractivity contribution in [2.75, 3.05) is 0 Å². The largest absolute Gasteiger partial charge is 0.488 e. The molecular formula is C30H25Br2FO3. The first-order valence-electron chi connectivity index (χ1n) is 11.5. The molecule has 0 aliphatic carbocycles. The molecule has 0 saturated heterocycles. The highest BCUT2D eigenvalue weighted by Gasteiger charge is 2.23. The average molecular weight is 612 g/mol. The fraction of sp³-hybridized carbons (Fsp3) is 0.167. The Balaban J connectivity index is 1.83. The number of aryl methyl sites for hydroxylation is 1. The Kier molecular flexibility index (Phi) is 8.27. The van der Waals surface area contributed by atoms with Crippen molar-refractivity contribution in [3.8, 4) is 17.2 Å². The molecule has 0 fully saturated rings. The minimum atomic E-state index is -0.335. The molecule has 4 aromatic carbocycles. The standard InChI is InChI=1S/C30H25Br2FO3/c1-18(2)22-15-28(36-30-24(31)11-7-12-25(30)32)23(29(34)20-10-6-8-19(3)14-20)16-27(22)35-17-21-9-4-5-13-26(21)33/h4-16,18H,17H2,1-3H3. The zero-order valence-electron chi connectivity index (χ0n) is 20.1. The van der Waals surface area contributed by atoms with Gasteiger partial charge in [0, 0.05) is 16.7 Å². The SMILES string of the molecule is Cc1cccc(C(=O)c2cc(OCc3ccccc3F)c(C(C)C)cc2Oc2c(Br)cccc2Br)c1. The van der Waals surface area contributed by atoms with Crippen LogP contribution in [0.5, 0.6) is 17.2 Å². The lowest BCUT2D eigenvalue weighted by molar-refractivity contribution is 0.103. The molecule has 0 heterocycles. The molecule has 0 aliphatic rings. The quantitative estimate of drug-likeness (QED) is 0.186. The second kappa shape index (κ2) is 11.4. The van der Waals surface area contributed by atoms with Crippen LogP contribution in [-0.2, 0) is 6.61 Å². The Labute approximate surface area is 227 Å². The lowest BCUT2D eigenvalue weighted by Crippen LogP contribution is -2.08. The second-order valence-electron chi connectivity index (χ2n) is 8.77. The maximum Gasteiger partial charge on any atom is 0.196 e. The van der Waals surface area contributed by atoms with E-state index in [4.69, 9.17) is 9.47 Å². The lowest BCUT2D eigenvalue weighted by atomic mass is 9.95. The van der Waals surface area contributed by atoms with Gasteiger partial charge in [0.1, 0.15) is 23.9 Å². The number of hydrogen-bond donors (Lipinski definition) is 0. The number of para-hydroxylation sites is 1. The molecule has 3 nitrogen and oxygen atoms in total. The summed E-state index contributed by atoms with van der Waals surface area (Å²) in [6.45, 7) is 6.05. The van der Waals surface area contributed by atoms with Crippen molar-refractivity contribution >= 4 is 37.6 Å². The molecule has 4 rings (SSSR count). The summed E-state index contributed by atoms with van der Waals surface area (Å²) in [6, 6.07) is 23.1. The molecule has 0 radical (unpaired) electrons. The van der Waals surface area contributed by atoms with Crippen LogP contribution in [0.15, 0.2) is 87.8 Å². The highest BCUT2D eigenvalue weighted by Crippen LogP contribution is 2.41. The van der Waals surface area contributed by atoms with Crippen molar-refractivity contribution in [2.45, 2.75) is 33.3 Å². The summed E-state index contributed by atoms with van der Waals surface area (Å²) in [7, 11) is 0. The van der Waals surface area contributed by atoms with Crippen LogP contribution in [0, 0.1) is 12.7 Å². The van der Waals surface area contributed by atoms with E-state index in [1.165, 1.54) is 6.07 Å².